The quantitative estimate of drug-likeness (QED) is 0.884. The Morgan fingerprint density at radius 1 is 1.25 bits per heavy atom. The van der Waals surface area contributed by atoms with Gasteiger partial charge in [0.25, 0.3) is 5.91 Å². The number of nitrogens with two attached hydrogens (primary N) is 1. The van der Waals surface area contributed by atoms with Crippen LogP contribution in [0.5, 0.6) is 0 Å². The Labute approximate surface area is 141 Å². The van der Waals surface area contributed by atoms with Gasteiger partial charge < -0.3 is 15.4 Å². The molecule has 2 aliphatic heterocycles. The number of carbonyl (C=O) groups excluding carboxylic acids is 2. The van der Waals surface area contributed by atoms with Crippen molar-refractivity contribution < 1.29 is 14.3 Å². The lowest BCUT2D eigenvalue weighted by molar-refractivity contribution is -0.123. The van der Waals surface area contributed by atoms with Crippen molar-refractivity contribution in [2.45, 2.75) is 38.7 Å². The molecule has 24 heavy (non-hydrogen) atoms. The van der Waals surface area contributed by atoms with Crippen molar-refractivity contribution in [3.8, 4) is 0 Å². The number of nitrogens with zero attached hydrogens (tertiary/aromatic N) is 3. The molecule has 2 atom stereocenters. The van der Waals surface area contributed by atoms with E-state index in [-0.39, 0.29) is 23.8 Å². The fraction of sp³-hybridized carbons (Fsp3) is 0.647. The van der Waals surface area contributed by atoms with E-state index in [1.807, 2.05) is 4.90 Å². The van der Waals surface area contributed by atoms with Crippen LogP contribution in [0.3, 0.4) is 0 Å². The van der Waals surface area contributed by atoms with Crippen molar-refractivity contribution >= 4 is 11.8 Å². The fourth-order valence-electron chi connectivity index (χ4n) is 3.67. The van der Waals surface area contributed by atoms with Gasteiger partial charge in [0, 0.05) is 32.1 Å². The van der Waals surface area contributed by atoms with Crippen LogP contribution in [0.4, 0.5) is 0 Å². The summed E-state index contributed by atoms with van der Waals surface area (Å²) in [5.74, 6) is -0.0109. The van der Waals surface area contributed by atoms with E-state index < -0.39 is 0 Å². The van der Waals surface area contributed by atoms with Crippen LogP contribution in [0.15, 0.2) is 12.4 Å². The number of carbonyl (C=O) groups is 2. The molecule has 7 heteroatoms. The first-order valence-electron chi connectivity index (χ1n) is 8.54. The van der Waals surface area contributed by atoms with E-state index in [4.69, 9.17) is 10.5 Å². The molecular weight excluding hydrogens is 308 g/mol. The van der Waals surface area contributed by atoms with E-state index in [0.29, 0.717) is 37.0 Å². The predicted octanol–water partition coefficient (Wildman–Crippen LogP) is 0.918. The van der Waals surface area contributed by atoms with Gasteiger partial charge in [0.2, 0.25) is 5.91 Å². The number of hydrogen-bond donors (Lipinski definition) is 1. The van der Waals surface area contributed by atoms with Crippen LogP contribution in [-0.2, 0) is 9.53 Å². The summed E-state index contributed by atoms with van der Waals surface area (Å²) in [4.78, 5) is 34.1. The summed E-state index contributed by atoms with van der Waals surface area (Å²) in [6.45, 7) is 3.82. The number of ether oxygens (including phenoxy) is 1. The molecule has 0 aromatic carbocycles. The molecule has 7 nitrogen and oxygen atoms in total. The summed E-state index contributed by atoms with van der Waals surface area (Å²) >= 11 is 0. The highest BCUT2D eigenvalue weighted by Crippen LogP contribution is 2.31. The minimum absolute atomic E-state index is 0.0498. The highest BCUT2D eigenvalue weighted by Gasteiger charge is 2.35. The molecule has 3 heterocycles. The first-order chi connectivity index (χ1) is 11.6. The summed E-state index contributed by atoms with van der Waals surface area (Å²) in [5.41, 5.74) is 6.54. The molecule has 130 valence electrons. The monoisotopic (exact) mass is 332 g/mol. The molecule has 2 aliphatic rings. The van der Waals surface area contributed by atoms with Crippen LogP contribution in [0, 0.1) is 18.8 Å². The lowest BCUT2D eigenvalue weighted by atomic mass is 9.86. The molecule has 1 aromatic rings. The number of aryl methyl sites for hydroxylation is 1. The van der Waals surface area contributed by atoms with E-state index in [2.05, 4.69) is 9.97 Å². The molecule has 2 N–H and O–H groups in total. The van der Waals surface area contributed by atoms with Gasteiger partial charge in [-0.3, -0.25) is 14.6 Å². The van der Waals surface area contributed by atoms with Crippen molar-refractivity contribution in [1.29, 1.82) is 0 Å². The second-order valence-electron chi connectivity index (χ2n) is 6.67. The van der Waals surface area contributed by atoms with Gasteiger partial charge in [-0.1, -0.05) is 0 Å². The Bertz CT molecular complexity index is 614. The second kappa shape index (κ2) is 7.25. The first kappa shape index (κ1) is 16.8. The van der Waals surface area contributed by atoms with E-state index in [1.54, 1.807) is 19.3 Å². The van der Waals surface area contributed by atoms with Crippen molar-refractivity contribution in [3.63, 3.8) is 0 Å². The minimum Gasteiger partial charge on any atom is -0.377 e. The van der Waals surface area contributed by atoms with Crippen molar-refractivity contribution in [1.82, 2.24) is 14.9 Å². The molecule has 0 bridgehead atoms. The maximum atomic E-state index is 12.6. The van der Waals surface area contributed by atoms with E-state index in [0.717, 1.165) is 25.7 Å². The van der Waals surface area contributed by atoms with Gasteiger partial charge >= 0.3 is 0 Å². The Balaban J connectivity index is 1.53. The number of likely N-dealkylation sites (tertiary alicyclic amines) is 1. The average molecular weight is 332 g/mol. The van der Waals surface area contributed by atoms with Crippen LogP contribution in [0.2, 0.25) is 0 Å². The Hall–Kier alpha value is -2.02. The van der Waals surface area contributed by atoms with E-state index in [9.17, 15) is 9.59 Å². The lowest BCUT2D eigenvalue weighted by Crippen LogP contribution is -2.40. The summed E-state index contributed by atoms with van der Waals surface area (Å²) in [7, 11) is 0. The summed E-state index contributed by atoms with van der Waals surface area (Å²) in [6, 6.07) is 0. The molecular formula is C17H24N4O3. The molecule has 0 aliphatic carbocycles. The molecule has 3 rings (SSSR count). The van der Waals surface area contributed by atoms with Gasteiger partial charge in [0.1, 0.15) is 5.69 Å². The lowest BCUT2D eigenvalue weighted by Gasteiger charge is -2.33. The fourth-order valence-corrected chi connectivity index (χ4v) is 3.67. The zero-order valence-electron chi connectivity index (χ0n) is 14.0. The number of amides is 2. The standard InChI is InChI=1S/C17H24N4O3/c1-11-15(20-6-5-19-11)17(23)21-7-2-12(3-8-21)10-14-13(16(18)22)4-9-24-14/h5-6,12-14H,2-4,7-10H2,1H3,(H2,18,22)/t13-,14-/m1/s1. The minimum atomic E-state index is -0.261. The highest BCUT2D eigenvalue weighted by atomic mass is 16.5. The Kier molecular flexibility index (Phi) is 5.08. The Morgan fingerprint density at radius 2 is 1.96 bits per heavy atom. The number of rotatable bonds is 4. The van der Waals surface area contributed by atoms with Crippen LogP contribution in [-0.4, -0.2) is 52.5 Å². The van der Waals surface area contributed by atoms with Crippen molar-refractivity contribution in [2.24, 2.45) is 17.6 Å². The molecule has 0 unspecified atom stereocenters. The SMILES string of the molecule is Cc1nccnc1C(=O)N1CCC(C[C@H]2OCC[C@H]2C(N)=O)CC1. The summed E-state index contributed by atoms with van der Waals surface area (Å²) in [5, 5.41) is 0. The largest absolute Gasteiger partial charge is 0.377 e. The number of hydrogen-bond acceptors (Lipinski definition) is 5. The van der Waals surface area contributed by atoms with Gasteiger partial charge in [0.05, 0.1) is 17.7 Å². The van der Waals surface area contributed by atoms with Crippen LogP contribution in [0.1, 0.15) is 41.9 Å². The molecule has 1 aromatic heterocycles. The van der Waals surface area contributed by atoms with Crippen LogP contribution in [0.25, 0.3) is 0 Å². The third kappa shape index (κ3) is 3.56. The van der Waals surface area contributed by atoms with Gasteiger partial charge in [-0.05, 0) is 38.5 Å². The third-order valence-electron chi connectivity index (χ3n) is 5.13. The first-order valence-corrected chi connectivity index (χ1v) is 8.54. The maximum absolute atomic E-state index is 12.6. The smallest absolute Gasteiger partial charge is 0.274 e. The number of primary amides is 1. The predicted molar refractivity (Wildman–Crippen MR) is 87.1 cm³/mol. The highest BCUT2D eigenvalue weighted by molar-refractivity contribution is 5.93. The van der Waals surface area contributed by atoms with Gasteiger partial charge in [0.15, 0.2) is 0 Å². The molecule has 0 saturated carbocycles. The van der Waals surface area contributed by atoms with Gasteiger partial charge in [-0.25, -0.2) is 4.98 Å². The van der Waals surface area contributed by atoms with E-state index in [1.165, 1.54) is 0 Å². The van der Waals surface area contributed by atoms with E-state index >= 15 is 0 Å². The zero-order valence-corrected chi connectivity index (χ0v) is 14.0. The molecule has 2 fully saturated rings. The summed E-state index contributed by atoms with van der Waals surface area (Å²) in [6.07, 6.45) is 6.48. The molecule has 2 saturated heterocycles. The number of aromatic nitrogens is 2. The van der Waals surface area contributed by atoms with Crippen LogP contribution < -0.4 is 5.73 Å². The molecule has 2 amide bonds. The maximum Gasteiger partial charge on any atom is 0.274 e. The zero-order chi connectivity index (χ0) is 17.1. The van der Waals surface area contributed by atoms with Gasteiger partial charge in [-0.2, -0.15) is 0 Å². The third-order valence-corrected chi connectivity index (χ3v) is 5.13. The van der Waals surface area contributed by atoms with Crippen molar-refractivity contribution in [2.75, 3.05) is 19.7 Å². The van der Waals surface area contributed by atoms with Gasteiger partial charge in [-0.15, -0.1) is 0 Å². The van der Waals surface area contributed by atoms with Crippen LogP contribution >= 0.6 is 0 Å². The summed E-state index contributed by atoms with van der Waals surface area (Å²) < 4.78 is 5.69. The van der Waals surface area contributed by atoms with Crippen molar-refractivity contribution in [3.05, 3.63) is 23.8 Å². The average Bonchev–Trinajstić information content (AvgIpc) is 3.04. The topological polar surface area (TPSA) is 98.4 Å². The molecule has 0 spiro atoms. The Morgan fingerprint density at radius 3 is 2.62 bits per heavy atom. The normalized spacial score (nSPS) is 25.0. The molecule has 0 radical (unpaired) electrons. The second-order valence-corrected chi connectivity index (χ2v) is 6.67. The number of piperidine rings is 1.